The van der Waals surface area contributed by atoms with E-state index in [1.165, 1.54) is 0 Å². The van der Waals surface area contributed by atoms with Gasteiger partial charge >= 0.3 is 0 Å². The molecule has 5 nitrogen and oxygen atoms in total. The predicted octanol–water partition coefficient (Wildman–Crippen LogP) is 4.32. The zero-order valence-electron chi connectivity index (χ0n) is 14.2. The number of halogens is 1. The minimum absolute atomic E-state index is 0.0163. The Morgan fingerprint density at radius 2 is 1.85 bits per heavy atom. The van der Waals surface area contributed by atoms with E-state index in [-0.39, 0.29) is 12.1 Å². The number of carbonyl (C=O) groups excluding carboxylic acids is 2. The molecule has 1 aliphatic rings. The summed E-state index contributed by atoms with van der Waals surface area (Å²) in [6.07, 6.45) is 1.58. The largest absolute Gasteiger partial charge is 0.457 e. The first kappa shape index (κ1) is 17.9. The lowest BCUT2D eigenvalue weighted by atomic mass is 9.95. The fourth-order valence-corrected chi connectivity index (χ4v) is 3.02. The van der Waals surface area contributed by atoms with Crippen LogP contribution in [0.3, 0.4) is 0 Å². The third kappa shape index (κ3) is 3.14. The summed E-state index contributed by atoms with van der Waals surface area (Å²) >= 11 is 3.39. The van der Waals surface area contributed by atoms with Crippen molar-refractivity contribution in [1.82, 2.24) is 4.90 Å². The number of benzene rings is 1. The SMILES string of the molecule is CCN1C(=O)C(C#N)=C(C)/C(=C\c2ccc(-c3ccc(Br)cc3)o2)C1=O. The molecular formula is C20H15BrN2O3. The van der Waals surface area contributed by atoms with Crippen LogP contribution in [0.5, 0.6) is 0 Å². The van der Waals surface area contributed by atoms with Gasteiger partial charge in [0.05, 0.1) is 0 Å². The van der Waals surface area contributed by atoms with Crippen molar-refractivity contribution < 1.29 is 14.0 Å². The number of furan rings is 1. The molecule has 2 heterocycles. The molecule has 0 radical (unpaired) electrons. The number of nitriles is 1. The van der Waals surface area contributed by atoms with Crippen LogP contribution in [-0.2, 0) is 9.59 Å². The van der Waals surface area contributed by atoms with Gasteiger partial charge in [-0.15, -0.1) is 0 Å². The molecule has 2 amide bonds. The highest BCUT2D eigenvalue weighted by Crippen LogP contribution is 2.29. The van der Waals surface area contributed by atoms with E-state index in [0.717, 1.165) is 14.9 Å². The molecule has 3 rings (SSSR count). The van der Waals surface area contributed by atoms with Crippen molar-refractivity contribution in [2.75, 3.05) is 6.54 Å². The average Bonchev–Trinajstić information content (AvgIpc) is 3.09. The first-order chi connectivity index (χ1) is 12.5. The van der Waals surface area contributed by atoms with Crippen LogP contribution in [-0.4, -0.2) is 23.3 Å². The smallest absolute Gasteiger partial charge is 0.271 e. The van der Waals surface area contributed by atoms with E-state index in [1.807, 2.05) is 36.4 Å². The molecule has 2 aromatic rings. The van der Waals surface area contributed by atoms with Crippen LogP contribution in [0.4, 0.5) is 0 Å². The van der Waals surface area contributed by atoms with E-state index < -0.39 is 11.8 Å². The maximum Gasteiger partial charge on any atom is 0.271 e. The number of hydrogen-bond acceptors (Lipinski definition) is 4. The van der Waals surface area contributed by atoms with Gasteiger partial charge in [-0.05, 0) is 49.8 Å². The van der Waals surface area contributed by atoms with Crippen molar-refractivity contribution in [3.05, 3.63) is 63.4 Å². The highest BCUT2D eigenvalue weighted by atomic mass is 79.9. The Hall–Kier alpha value is -2.91. The Bertz CT molecular complexity index is 991. The van der Waals surface area contributed by atoms with Crippen molar-refractivity contribution in [1.29, 1.82) is 5.26 Å². The Morgan fingerprint density at radius 1 is 1.15 bits per heavy atom. The maximum absolute atomic E-state index is 12.6. The molecule has 26 heavy (non-hydrogen) atoms. The number of hydrogen-bond donors (Lipinski definition) is 0. The van der Waals surface area contributed by atoms with E-state index in [0.29, 0.717) is 22.7 Å². The fourth-order valence-electron chi connectivity index (χ4n) is 2.76. The van der Waals surface area contributed by atoms with E-state index in [1.54, 1.807) is 26.0 Å². The van der Waals surface area contributed by atoms with Crippen LogP contribution in [0, 0.1) is 11.3 Å². The first-order valence-corrected chi connectivity index (χ1v) is 8.80. The van der Waals surface area contributed by atoms with Crippen molar-refractivity contribution >= 4 is 33.8 Å². The highest BCUT2D eigenvalue weighted by molar-refractivity contribution is 9.10. The summed E-state index contributed by atoms with van der Waals surface area (Å²) in [5, 5.41) is 9.27. The van der Waals surface area contributed by atoms with Gasteiger partial charge in [0.15, 0.2) is 0 Å². The number of imide groups is 1. The number of carbonyl (C=O) groups is 2. The average molecular weight is 411 g/mol. The minimum Gasteiger partial charge on any atom is -0.457 e. The first-order valence-electron chi connectivity index (χ1n) is 8.01. The Kier molecular flexibility index (Phi) is 4.92. The molecule has 0 N–H and O–H groups in total. The maximum atomic E-state index is 12.6. The lowest BCUT2D eigenvalue weighted by Crippen LogP contribution is -2.42. The van der Waals surface area contributed by atoms with Crippen molar-refractivity contribution in [2.24, 2.45) is 0 Å². The molecule has 1 aromatic carbocycles. The van der Waals surface area contributed by atoms with E-state index in [4.69, 9.17) is 4.42 Å². The zero-order valence-corrected chi connectivity index (χ0v) is 15.8. The Morgan fingerprint density at radius 3 is 2.46 bits per heavy atom. The summed E-state index contributed by atoms with van der Waals surface area (Å²) < 4.78 is 6.79. The van der Waals surface area contributed by atoms with Crippen molar-refractivity contribution in [3.8, 4) is 17.4 Å². The molecule has 130 valence electrons. The summed E-state index contributed by atoms with van der Waals surface area (Å²) in [5.41, 5.74) is 1.55. The molecule has 1 aliphatic heterocycles. The second kappa shape index (κ2) is 7.14. The number of rotatable bonds is 3. The van der Waals surface area contributed by atoms with Gasteiger partial charge in [0, 0.05) is 22.2 Å². The topological polar surface area (TPSA) is 74.3 Å². The minimum atomic E-state index is -0.551. The van der Waals surface area contributed by atoms with E-state index in [9.17, 15) is 14.9 Å². The second-order valence-electron chi connectivity index (χ2n) is 5.73. The van der Waals surface area contributed by atoms with Crippen LogP contribution >= 0.6 is 15.9 Å². The molecule has 0 fully saturated rings. The highest BCUT2D eigenvalue weighted by Gasteiger charge is 2.34. The summed E-state index contributed by atoms with van der Waals surface area (Å²) in [7, 11) is 0. The third-order valence-corrected chi connectivity index (χ3v) is 4.71. The predicted molar refractivity (Wildman–Crippen MR) is 101 cm³/mol. The third-order valence-electron chi connectivity index (χ3n) is 4.18. The van der Waals surface area contributed by atoms with Crippen LogP contribution in [0.15, 0.2) is 62.0 Å². The molecule has 6 heteroatoms. The summed E-state index contributed by atoms with van der Waals surface area (Å²) in [6, 6.07) is 13.1. The lowest BCUT2D eigenvalue weighted by Gasteiger charge is -2.25. The number of likely N-dealkylation sites (N-methyl/N-ethyl adjacent to an activating group) is 1. The van der Waals surface area contributed by atoms with Gasteiger partial charge in [0.25, 0.3) is 11.8 Å². The standard InChI is InChI=1S/C20H15BrN2O3/c1-3-23-19(24)16(12(2)17(11-22)20(23)25)10-15-8-9-18(26-15)13-4-6-14(21)7-5-13/h4-10H,3H2,1-2H3/b16-10+. The van der Waals surface area contributed by atoms with Gasteiger partial charge in [-0.1, -0.05) is 28.1 Å². The molecule has 0 spiro atoms. The number of nitrogens with zero attached hydrogens (tertiary/aromatic N) is 2. The lowest BCUT2D eigenvalue weighted by molar-refractivity contribution is -0.140. The summed E-state index contributed by atoms with van der Waals surface area (Å²) in [6.45, 7) is 3.50. The Balaban J connectivity index is 2.02. The zero-order chi connectivity index (χ0) is 18.8. The van der Waals surface area contributed by atoms with Gasteiger partial charge in [0.2, 0.25) is 0 Å². The number of amides is 2. The normalized spacial score (nSPS) is 16.4. The molecule has 0 unspecified atom stereocenters. The molecule has 0 aliphatic carbocycles. The van der Waals surface area contributed by atoms with E-state index >= 15 is 0 Å². The fraction of sp³-hybridized carbons (Fsp3) is 0.150. The second-order valence-corrected chi connectivity index (χ2v) is 6.65. The Labute approximate surface area is 159 Å². The van der Waals surface area contributed by atoms with Crippen LogP contribution in [0.1, 0.15) is 19.6 Å². The summed E-state index contributed by atoms with van der Waals surface area (Å²) in [5.74, 6) is 0.173. The van der Waals surface area contributed by atoms with Crippen LogP contribution in [0.2, 0.25) is 0 Å². The van der Waals surface area contributed by atoms with E-state index in [2.05, 4.69) is 15.9 Å². The molecule has 0 saturated carbocycles. The summed E-state index contributed by atoms with van der Waals surface area (Å²) in [4.78, 5) is 25.9. The molecule has 1 aromatic heterocycles. The van der Waals surface area contributed by atoms with Gasteiger partial charge < -0.3 is 4.42 Å². The van der Waals surface area contributed by atoms with Gasteiger partial charge in [-0.2, -0.15) is 5.26 Å². The van der Waals surface area contributed by atoms with Gasteiger partial charge in [0.1, 0.15) is 23.2 Å². The molecular weight excluding hydrogens is 396 g/mol. The monoisotopic (exact) mass is 410 g/mol. The van der Waals surface area contributed by atoms with Gasteiger partial charge in [-0.3, -0.25) is 14.5 Å². The van der Waals surface area contributed by atoms with Crippen molar-refractivity contribution in [3.63, 3.8) is 0 Å². The molecule has 0 atom stereocenters. The van der Waals surface area contributed by atoms with Crippen LogP contribution < -0.4 is 0 Å². The molecule has 0 saturated heterocycles. The van der Waals surface area contributed by atoms with Gasteiger partial charge in [-0.25, -0.2) is 0 Å². The molecule has 0 bridgehead atoms. The quantitative estimate of drug-likeness (QED) is 0.557. The van der Waals surface area contributed by atoms with Crippen LogP contribution in [0.25, 0.3) is 17.4 Å². The van der Waals surface area contributed by atoms with Crippen molar-refractivity contribution in [2.45, 2.75) is 13.8 Å².